The highest BCUT2D eigenvalue weighted by atomic mass is 35.5. The number of rotatable bonds is 7. The van der Waals surface area contributed by atoms with Crippen LogP contribution in [0.2, 0.25) is 0 Å². The van der Waals surface area contributed by atoms with Gasteiger partial charge in [0.05, 0.1) is 12.2 Å². The first-order valence-electron chi connectivity index (χ1n) is 8.50. The quantitative estimate of drug-likeness (QED) is 0.722. The summed E-state index contributed by atoms with van der Waals surface area (Å²) in [4.78, 5) is 12.3. The second-order valence-corrected chi connectivity index (χ2v) is 5.96. The van der Waals surface area contributed by atoms with Crippen molar-refractivity contribution in [3.63, 3.8) is 0 Å². The highest BCUT2D eigenvalue weighted by Gasteiger charge is 2.18. The molecule has 8 heteroatoms. The molecule has 2 heterocycles. The minimum Gasteiger partial charge on any atom is -0.489 e. The van der Waals surface area contributed by atoms with Gasteiger partial charge in [0, 0.05) is 12.1 Å². The molecule has 0 unspecified atom stereocenters. The van der Waals surface area contributed by atoms with Crippen molar-refractivity contribution < 1.29 is 9.53 Å². The first-order chi connectivity index (χ1) is 12.3. The molecule has 1 aliphatic rings. The normalized spacial score (nSPS) is 14.3. The Balaban J connectivity index is 0.00000243. The van der Waals surface area contributed by atoms with Crippen molar-refractivity contribution in [1.82, 2.24) is 25.6 Å². The number of hydrogen-bond acceptors (Lipinski definition) is 5. The zero-order valence-electron chi connectivity index (χ0n) is 14.6. The molecule has 1 amide bonds. The third-order valence-electron chi connectivity index (χ3n) is 4.19. The molecule has 26 heavy (non-hydrogen) atoms. The summed E-state index contributed by atoms with van der Waals surface area (Å²) in [6, 6.07) is 7.91. The van der Waals surface area contributed by atoms with Gasteiger partial charge in [-0.15, -0.1) is 17.5 Å². The van der Waals surface area contributed by atoms with Gasteiger partial charge in [0.15, 0.2) is 5.69 Å². The lowest BCUT2D eigenvalue weighted by Gasteiger charge is -2.22. The number of hydrogen-bond donors (Lipinski definition) is 2. The van der Waals surface area contributed by atoms with E-state index >= 15 is 0 Å². The summed E-state index contributed by atoms with van der Waals surface area (Å²) in [5, 5.41) is 14.3. The lowest BCUT2D eigenvalue weighted by atomic mass is 10.1. The van der Waals surface area contributed by atoms with Gasteiger partial charge in [-0.25, -0.2) is 4.68 Å². The van der Waals surface area contributed by atoms with Crippen molar-refractivity contribution in [2.45, 2.75) is 25.4 Å². The number of amides is 1. The van der Waals surface area contributed by atoms with Crippen LogP contribution in [0.5, 0.6) is 5.75 Å². The number of carbonyl (C=O) groups excluding carboxylic acids is 1. The molecule has 1 aliphatic heterocycles. The van der Waals surface area contributed by atoms with Gasteiger partial charge in [-0.05, 0) is 32.0 Å². The minimum atomic E-state index is -0.237. The Kier molecular flexibility index (Phi) is 7.62. The molecular weight excluding hydrogens is 354 g/mol. The summed E-state index contributed by atoms with van der Waals surface area (Å²) in [6.45, 7) is 6.37. The average molecular weight is 378 g/mol. The summed E-state index contributed by atoms with van der Waals surface area (Å²) in [6.07, 6.45) is 5.41. The zero-order valence-corrected chi connectivity index (χ0v) is 15.4. The topological polar surface area (TPSA) is 81.1 Å². The number of nitrogens with one attached hydrogen (secondary N) is 2. The molecule has 1 aromatic carbocycles. The molecule has 2 N–H and O–H groups in total. The molecule has 7 nitrogen and oxygen atoms in total. The Hall–Kier alpha value is -2.38. The van der Waals surface area contributed by atoms with Crippen molar-refractivity contribution in [1.29, 1.82) is 0 Å². The number of piperidine rings is 1. The van der Waals surface area contributed by atoms with Crippen molar-refractivity contribution >= 4 is 18.3 Å². The molecule has 0 aliphatic carbocycles. The number of benzene rings is 1. The van der Waals surface area contributed by atoms with E-state index in [2.05, 4.69) is 27.5 Å². The van der Waals surface area contributed by atoms with E-state index in [0.717, 1.165) is 37.2 Å². The molecule has 0 saturated carbocycles. The van der Waals surface area contributed by atoms with E-state index in [0.29, 0.717) is 24.9 Å². The second-order valence-electron chi connectivity index (χ2n) is 5.96. The molecule has 2 aromatic rings. The summed E-state index contributed by atoms with van der Waals surface area (Å²) < 4.78 is 7.40. The van der Waals surface area contributed by atoms with Crippen LogP contribution in [0.25, 0.3) is 0 Å². The molecule has 1 fully saturated rings. The maximum Gasteiger partial charge on any atom is 0.273 e. The van der Waals surface area contributed by atoms with Gasteiger partial charge >= 0.3 is 0 Å². The predicted octanol–water partition coefficient (Wildman–Crippen LogP) is 2.12. The van der Waals surface area contributed by atoms with Gasteiger partial charge in [-0.3, -0.25) is 4.79 Å². The van der Waals surface area contributed by atoms with Gasteiger partial charge in [0.1, 0.15) is 12.4 Å². The van der Waals surface area contributed by atoms with Gasteiger partial charge in [0.25, 0.3) is 5.91 Å². The number of para-hydroxylation sites is 1. The van der Waals surface area contributed by atoms with Crippen molar-refractivity contribution in [3.05, 3.63) is 54.4 Å². The monoisotopic (exact) mass is 377 g/mol. The highest BCUT2D eigenvalue weighted by molar-refractivity contribution is 5.91. The largest absolute Gasteiger partial charge is 0.489 e. The molecule has 3 rings (SSSR count). The number of ether oxygens (including phenoxy) is 1. The van der Waals surface area contributed by atoms with Gasteiger partial charge in [-0.2, -0.15) is 0 Å². The molecule has 0 bridgehead atoms. The van der Waals surface area contributed by atoms with E-state index in [4.69, 9.17) is 4.74 Å². The Morgan fingerprint density at radius 2 is 2.15 bits per heavy atom. The summed E-state index contributed by atoms with van der Waals surface area (Å²) >= 11 is 0. The molecule has 1 aromatic heterocycles. The standard InChI is InChI=1S/C18H23N5O2.ClH/c1-2-11-25-17-6-4-3-5-14(17)12-20-18(24)16-13-23(22-21-16)15-7-9-19-10-8-15;/h2-6,13,15,19H,1,7-12H2,(H,20,24);1H. The lowest BCUT2D eigenvalue weighted by Crippen LogP contribution is -2.29. The van der Waals surface area contributed by atoms with Gasteiger partial charge < -0.3 is 15.4 Å². The van der Waals surface area contributed by atoms with Crippen molar-refractivity contribution in [2.75, 3.05) is 19.7 Å². The van der Waals surface area contributed by atoms with Crippen LogP contribution in [-0.2, 0) is 6.54 Å². The molecule has 1 saturated heterocycles. The smallest absolute Gasteiger partial charge is 0.273 e. The maximum atomic E-state index is 12.3. The van der Waals surface area contributed by atoms with Gasteiger partial charge in [0.2, 0.25) is 0 Å². The lowest BCUT2D eigenvalue weighted by molar-refractivity contribution is 0.0945. The third kappa shape index (κ3) is 5.06. The highest BCUT2D eigenvalue weighted by Crippen LogP contribution is 2.19. The maximum absolute atomic E-state index is 12.3. The summed E-state index contributed by atoms with van der Waals surface area (Å²) in [7, 11) is 0. The molecule has 140 valence electrons. The SMILES string of the molecule is C=CCOc1ccccc1CNC(=O)c1cn(C2CCNCC2)nn1.Cl. The Morgan fingerprint density at radius 1 is 1.38 bits per heavy atom. The van der Waals surface area contributed by atoms with Crippen molar-refractivity contribution in [2.24, 2.45) is 0 Å². The van der Waals surface area contributed by atoms with E-state index < -0.39 is 0 Å². The zero-order chi connectivity index (χ0) is 17.5. The average Bonchev–Trinajstić information content (AvgIpc) is 3.16. The van der Waals surface area contributed by atoms with E-state index in [1.807, 2.05) is 24.3 Å². The molecule has 0 spiro atoms. The first kappa shape index (κ1) is 19.9. The third-order valence-corrected chi connectivity index (χ3v) is 4.19. The number of halogens is 1. The first-order valence-corrected chi connectivity index (χ1v) is 8.50. The number of carbonyl (C=O) groups is 1. The number of nitrogens with zero attached hydrogens (tertiary/aromatic N) is 3. The van der Waals surface area contributed by atoms with Crippen molar-refractivity contribution in [3.8, 4) is 5.75 Å². The Morgan fingerprint density at radius 3 is 2.92 bits per heavy atom. The molecule has 0 radical (unpaired) electrons. The van der Waals surface area contributed by atoms with Crippen LogP contribution in [0.15, 0.2) is 43.1 Å². The Bertz CT molecular complexity index is 728. The molecule has 0 atom stereocenters. The fraction of sp³-hybridized carbons (Fsp3) is 0.389. The van der Waals surface area contributed by atoms with E-state index in [1.54, 1.807) is 17.0 Å². The van der Waals surface area contributed by atoms with Crippen LogP contribution >= 0.6 is 12.4 Å². The van der Waals surface area contributed by atoms with Crippen LogP contribution in [0.1, 0.15) is 34.9 Å². The molecular formula is C18H24ClN5O2. The summed E-state index contributed by atoms with van der Waals surface area (Å²) in [5.41, 5.74) is 1.24. The Labute approximate surface area is 159 Å². The van der Waals surface area contributed by atoms with Crippen LogP contribution in [0, 0.1) is 0 Å². The predicted molar refractivity (Wildman–Crippen MR) is 102 cm³/mol. The van der Waals surface area contributed by atoms with E-state index in [1.165, 1.54) is 0 Å². The van der Waals surface area contributed by atoms with E-state index in [-0.39, 0.29) is 18.3 Å². The van der Waals surface area contributed by atoms with Gasteiger partial charge in [-0.1, -0.05) is 36.1 Å². The minimum absolute atomic E-state index is 0. The van der Waals surface area contributed by atoms with Crippen LogP contribution in [0.4, 0.5) is 0 Å². The van der Waals surface area contributed by atoms with Crippen LogP contribution in [0.3, 0.4) is 0 Å². The number of aromatic nitrogens is 3. The summed E-state index contributed by atoms with van der Waals surface area (Å²) in [5.74, 6) is 0.500. The second kappa shape index (κ2) is 9.94. The fourth-order valence-corrected chi connectivity index (χ4v) is 2.84. The van der Waals surface area contributed by atoms with Crippen LogP contribution < -0.4 is 15.4 Å². The van der Waals surface area contributed by atoms with E-state index in [9.17, 15) is 4.79 Å². The van der Waals surface area contributed by atoms with Crippen LogP contribution in [-0.4, -0.2) is 40.6 Å². The fourth-order valence-electron chi connectivity index (χ4n) is 2.84.